The second-order valence-electron chi connectivity index (χ2n) is 9.64. The summed E-state index contributed by atoms with van der Waals surface area (Å²) < 4.78 is 45.8. The van der Waals surface area contributed by atoms with Gasteiger partial charge in [0.1, 0.15) is 0 Å². The number of benzene rings is 2. The Morgan fingerprint density at radius 1 is 1.07 bits per heavy atom. The van der Waals surface area contributed by atoms with Crippen LogP contribution in [0.25, 0.3) is 16.8 Å². The first-order chi connectivity index (χ1) is 19.1. The van der Waals surface area contributed by atoms with Gasteiger partial charge < -0.3 is 15.4 Å². The maximum absolute atomic E-state index is 13.0. The first-order valence-corrected chi connectivity index (χ1v) is 12.5. The standard InChI is InChI=1S/C29H26F3N5O3/c1-17-6-7-23(35-26(38)11-19-4-3-5-22(10-19)29(30,31)32)12-25(17)37-14-20(13-34-37)27-18(2)33-9-8-24(27)36-28(39)21-15-40-16-21/h3-10,12-14,21H,11,15-16H2,1-2H3,(H,35,38)(H,33,36,39). The van der Waals surface area contributed by atoms with Crippen molar-refractivity contribution in [2.75, 3.05) is 23.8 Å². The lowest BCUT2D eigenvalue weighted by molar-refractivity contribution is -0.137. The molecule has 0 bridgehead atoms. The third-order valence-corrected chi connectivity index (χ3v) is 6.64. The van der Waals surface area contributed by atoms with Crippen LogP contribution >= 0.6 is 0 Å². The number of anilines is 2. The fraction of sp³-hybridized carbons (Fsp3) is 0.241. The number of nitrogens with one attached hydrogen (secondary N) is 2. The van der Waals surface area contributed by atoms with E-state index in [9.17, 15) is 22.8 Å². The number of hydrogen-bond donors (Lipinski definition) is 2. The summed E-state index contributed by atoms with van der Waals surface area (Å²) in [6, 6.07) is 11.7. The van der Waals surface area contributed by atoms with Crippen molar-refractivity contribution < 1.29 is 27.5 Å². The van der Waals surface area contributed by atoms with Crippen molar-refractivity contribution in [1.29, 1.82) is 0 Å². The molecule has 5 rings (SSSR count). The van der Waals surface area contributed by atoms with Gasteiger partial charge in [0.2, 0.25) is 11.8 Å². The predicted octanol–water partition coefficient (Wildman–Crippen LogP) is 5.34. The van der Waals surface area contributed by atoms with E-state index >= 15 is 0 Å². The zero-order chi connectivity index (χ0) is 28.4. The Labute approximate surface area is 228 Å². The van der Waals surface area contributed by atoms with Gasteiger partial charge in [0.05, 0.1) is 48.7 Å². The van der Waals surface area contributed by atoms with Crippen LogP contribution in [0.4, 0.5) is 24.5 Å². The molecule has 8 nitrogen and oxygen atoms in total. The van der Waals surface area contributed by atoms with Crippen molar-refractivity contribution in [1.82, 2.24) is 14.8 Å². The highest BCUT2D eigenvalue weighted by atomic mass is 19.4. The topological polar surface area (TPSA) is 98.1 Å². The summed E-state index contributed by atoms with van der Waals surface area (Å²) in [4.78, 5) is 29.6. The molecule has 2 N–H and O–H groups in total. The van der Waals surface area contributed by atoms with E-state index in [1.165, 1.54) is 12.1 Å². The van der Waals surface area contributed by atoms with Gasteiger partial charge in [-0.25, -0.2) is 4.68 Å². The minimum atomic E-state index is -4.48. The van der Waals surface area contributed by atoms with Gasteiger partial charge in [0, 0.05) is 34.9 Å². The van der Waals surface area contributed by atoms with E-state index < -0.39 is 17.6 Å². The zero-order valence-electron chi connectivity index (χ0n) is 21.7. The molecule has 0 radical (unpaired) electrons. The third-order valence-electron chi connectivity index (χ3n) is 6.64. The van der Waals surface area contributed by atoms with Crippen LogP contribution in [-0.4, -0.2) is 39.8 Å². The average molecular weight is 550 g/mol. The lowest BCUT2D eigenvalue weighted by Crippen LogP contribution is -2.38. The fourth-order valence-electron chi connectivity index (χ4n) is 4.42. The second-order valence-corrected chi connectivity index (χ2v) is 9.64. The van der Waals surface area contributed by atoms with Crippen LogP contribution in [0, 0.1) is 19.8 Å². The Morgan fingerprint density at radius 3 is 2.60 bits per heavy atom. The Morgan fingerprint density at radius 2 is 1.88 bits per heavy atom. The van der Waals surface area contributed by atoms with E-state index in [4.69, 9.17) is 4.74 Å². The number of alkyl halides is 3. The first-order valence-electron chi connectivity index (χ1n) is 12.5. The molecule has 4 aromatic rings. The summed E-state index contributed by atoms with van der Waals surface area (Å²) in [6.07, 6.45) is 0.424. The molecule has 0 unspecified atom stereocenters. The molecule has 0 aliphatic carbocycles. The number of carbonyl (C=O) groups is 2. The first kappa shape index (κ1) is 27.1. The van der Waals surface area contributed by atoms with Crippen molar-refractivity contribution in [3.8, 4) is 16.8 Å². The molecular weight excluding hydrogens is 523 g/mol. The molecule has 1 aliphatic heterocycles. The minimum Gasteiger partial charge on any atom is -0.380 e. The number of amides is 2. The molecule has 40 heavy (non-hydrogen) atoms. The Bertz CT molecular complexity index is 1580. The quantitative estimate of drug-likeness (QED) is 0.325. The zero-order valence-corrected chi connectivity index (χ0v) is 21.7. The number of nitrogens with zero attached hydrogens (tertiary/aromatic N) is 3. The number of ether oxygens (including phenoxy) is 1. The van der Waals surface area contributed by atoms with Crippen LogP contribution < -0.4 is 10.6 Å². The molecule has 1 aliphatic rings. The van der Waals surface area contributed by atoms with Gasteiger partial charge in [0.15, 0.2) is 0 Å². The number of aryl methyl sites for hydroxylation is 2. The second kappa shape index (κ2) is 10.9. The Kier molecular flexibility index (Phi) is 7.40. The molecular formula is C29H26F3N5O3. The van der Waals surface area contributed by atoms with Gasteiger partial charge in [0.25, 0.3) is 0 Å². The lowest BCUT2D eigenvalue weighted by atomic mass is 10.0. The molecule has 206 valence electrons. The maximum Gasteiger partial charge on any atom is 0.416 e. The highest BCUT2D eigenvalue weighted by Gasteiger charge is 2.30. The Hall–Kier alpha value is -4.51. The van der Waals surface area contributed by atoms with Crippen molar-refractivity contribution in [2.45, 2.75) is 26.4 Å². The summed E-state index contributed by atoms with van der Waals surface area (Å²) in [5.41, 5.74) is 4.33. The van der Waals surface area contributed by atoms with Gasteiger partial charge in [-0.15, -0.1) is 0 Å². The molecule has 1 saturated heterocycles. The van der Waals surface area contributed by atoms with Crippen LogP contribution in [0.15, 0.2) is 67.1 Å². The predicted molar refractivity (Wildman–Crippen MR) is 143 cm³/mol. The molecule has 2 aromatic heterocycles. The van der Waals surface area contributed by atoms with E-state index in [-0.39, 0.29) is 23.8 Å². The summed E-state index contributed by atoms with van der Waals surface area (Å²) in [7, 11) is 0. The number of aromatic nitrogens is 3. The van der Waals surface area contributed by atoms with Crippen molar-refractivity contribution >= 4 is 23.2 Å². The lowest BCUT2D eigenvalue weighted by Gasteiger charge is -2.25. The van der Waals surface area contributed by atoms with E-state index in [1.54, 1.807) is 35.3 Å². The maximum atomic E-state index is 13.0. The van der Waals surface area contributed by atoms with Gasteiger partial charge in [-0.2, -0.15) is 18.3 Å². The van der Waals surface area contributed by atoms with Gasteiger partial charge in [-0.05, 0) is 49.2 Å². The summed E-state index contributed by atoms with van der Waals surface area (Å²) in [5, 5.41) is 10.2. The largest absolute Gasteiger partial charge is 0.416 e. The third kappa shape index (κ3) is 5.89. The van der Waals surface area contributed by atoms with Gasteiger partial charge >= 0.3 is 6.18 Å². The van der Waals surface area contributed by atoms with Crippen molar-refractivity contribution in [3.05, 3.63) is 89.5 Å². The average Bonchev–Trinajstić information content (AvgIpc) is 3.33. The summed E-state index contributed by atoms with van der Waals surface area (Å²) >= 11 is 0. The number of hydrogen-bond acceptors (Lipinski definition) is 5. The minimum absolute atomic E-state index is 0.116. The van der Waals surface area contributed by atoms with E-state index in [1.807, 2.05) is 26.1 Å². The Balaban J connectivity index is 1.35. The molecule has 1 fully saturated rings. The van der Waals surface area contributed by atoms with Crippen LogP contribution in [0.5, 0.6) is 0 Å². The van der Waals surface area contributed by atoms with Crippen LogP contribution in [0.1, 0.15) is 22.4 Å². The van der Waals surface area contributed by atoms with Crippen LogP contribution in [0.3, 0.4) is 0 Å². The monoisotopic (exact) mass is 549 g/mol. The van der Waals surface area contributed by atoms with E-state index in [2.05, 4.69) is 20.7 Å². The van der Waals surface area contributed by atoms with Crippen LogP contribution in [-0.2, 0) is 26.9 Å². The van der Waals surface area contributed by atoms with Gasteiger partial charge in [-0.1, -0.05) is 24.3 Å². The van der Waals surface area contributed by atoms with Gasteiger partial charge in [-0.3, -0.25) is 14.6 Å². The highest BCUT2D eigenvalue weighted by molar-refractivity contribution is 5.97. The number of carbonyl (C=O) groups excluding carboxylic acids is 2. The SMILES string of the molecule is Cc1ccc(NC(=O)Cc2cccc(C(F)(F)F)c2)cc1-n1cc(-c2c(NC(=O)C3COC3)ccnc2C)cn1. The molecule has 2 aromatic carbocycles. The number of pyridine rings is 1. The molecule has 0 atom stereocenters. The normalized spacial score (nSPS) is 13.5. The molecule has 3 heterocycles. The van der Waals surface area contributed by atoms with E-state index in [0.29, 0.717) is 30.3 Å². The van der Waals surface area contributed by atoms with E-state index in [0.717, 1.165) is 34.5 Å². The highest BCUT2D eigenvalue weighted by Crippen LogP contribution is 2.32. The number of rotatable bonds is 7. The smallest absolute Gasteiger partial charge is 0.380 e. The fourth-order valence-corrected chi connectivity index (χ4v) is 4.42. The molecule has 0 spiro atoms. The summed E-state index contributed by atoms with van der Waals surface area (Å²) in [5.74, 6) is -0.744. The van der Waals surface area contributed by atoms with Crippen molar-refractivity contribution in [2.24, 2.45) is 5.92 Å². The van der Waals surface area contributed by atoms with Crippen LogP contribution in [0.2, 0.25) is 0 Å². The number of halogens is 3. The molecule has 0 saturated carbocycles. The molecule has 11 heteroatoms. The summed E-state index contributed by atoms with van der Waals surface area (Å²) in [6.45, 7) is 4.54. The molecule has 2 amide bonds. The van der Waals surface area contributed by atoms with Crippen molar-refractivity contribution in [3.63, 3.8) is 0 Å².